The van der Waals surface area contributed by atoms with E-state index in [2.05, 4.69) is 26.1 Å². The molecular weight excluding hydrogens is 198 g/mol. The van der Waals surface area contributed by atoms with Crippen LogP contribution in [0.1, 0.15) is 59.3 Å². The minimum Gasteiger partial charge on any atom is -0.380 e. The van der Waals surface area contributed by atoms with E-state index in [4.69, 9.17) is 4.74 Å². The first-order valence-electron chi connectivity index (χ1n) is 6.89. The van der Waals surface area contributed by atoms with Crippen LogP contribution in [0.25, 0.3) is 0 Å². The lowest BCUT2D eigenvalue weighted by Gasteiger charge is -2.23. The maximum Gasteiger partial charge on any atom is 0.0591 e. The summed E-state index contributed by atoms with van der Waals surface area (Å²) in [6.45, 7) is 9.57. The van der Waals surface area contributed by atoms with Gasteiger partial charge in [0, 0.05) is 19.2 Å². The Kier molecular flexibility index (Phi) is 6.37. The van der Waals surface area contributed by atoms with Crippen molar-refractivity contribution in [3.63, 3.8) is 0 Å². The largest absolute Gasteiger partial charge is 0.380 e. The Balaban J connectivity index is 1.87. The molecule has 0 aromatic rings. The standard InChI is InChI=1S/C14H29NO/c1-14(2,3)9-11-16-12-10-15-13-7-5-4-6-8-13/h13,15H,4-12H2,1-3H3. The maximum absolute atomic E-state index is 5.64. The minimum absolute atomic E-state index is 0.400. The van der Waals surface area contributed by atoms with Crippen molar-refractivity contribution in [3.05, 3.63) is 0 Å². The molecule has 16 heavy (non-hydrogen) atoms. The highest BCUT2D eigenvalue weighted by Crippen LogP contribution is 2.18. The van der Waals surface area contributed by atoms with Crippen LogP contribution in [-0.4, -0.2) is 25.8 Å². The van der Waals surface area contributed by atoms with E-state index in [-0.39, 0.29) is 0 Å². The zero-order valence-electron chi connectivity index (χ0n) is 11.3. The first-order valence-corrected chi connectivity index (χ1v) is 6.89. The minimum atomic E-state index is 0.400. The molecule has 0 aromatic carbocycles. The van der Waals surface area contributed by atoms with Gasteiger partial charge in [-0.2, -0.15) is 0 Å². The van der Waals surface area contributed by atoms with Crippen LogP contribution in [0.3, 0.4) is 0 Å². The molecule has 1 aliphatic rings. The molecule has 1 fully saturated rings. The lowest BCUT2D eigenvalue weighted by atomic mass is 9.93. The number of ether oxygens (including phenoxy) is 1. The van der Waals surface area contributed by atoms with Crippen LogP contribution in [0.4, 0.5) is 0 Å². The Morgan fingerprint density at radius 1 is 1.06 bits per heavy atom. The fourth-order valence-electron chi connectivity index (χ4n) is 2.12. The van der Waals surface area contributed by atoms with Gasteiger partial charge in [-0.15, -0.1) is 0 Å². The van der Waals surface area contributed by atoms with Gasteiger partial charge < -0.3 is 10.1 Å². The average molecular weight is 227 g/mol. The van der Waals surface area contributed by atoms with Crippen LogP contribution >= 0.6 is 0 Å². The fraction of sp³-hybridized carbons (Fsp3) is 1.00. The Hall–Kier alpha value is -0.0800. The summed E-state index contributed by atoms with van der Waals surface area (Å²) in [4.78, 5) is 0. The molecule has 0 atom stereocenters. The second-order valence-corrected chi connectivity index (χ2v) is 6.21. The summed E-state index contributed by atoms with van der Waals surface area (Å²) < 4.78 is 5.64. The number of rotatable bonds is 6. The summed E-state index contributed by atoms with van der Waals surface area (Å²) in [6.07, 6.45) is 8.12. The van der Waals surface area contributed by atoms with E-state index in [0.29, 0.717) is 5.41 Å². The molecule has 0 unspecified atom stereocenters. The Morgan fingerprint density at radius 2 is 1.75 bits per heavy atom. The van der Waals surface area contributed by atoms with Crippen molar-refractivity contribution >= 4 is 0 Å². The number of hydrogen-bond acceptors (Lipinski definition) is 2. The molecule has 0 amide bonds. The topological polar surface area (TPSA) is 21.3 Å². The van der Waals surface area contributed by atoms with Gasteiger partial charge in [-0.05, 0) is 24.7 Å². The second-order valence-electron chi connectivity index (χ2n) is 6.21. The molecule has 1 aliphatic carbocycles. The lowest BCUT2D eigenvalue weighted by Crippen LogP contribution is -2.33. The SMILES string of the molecule is CC(C)(C)CCOCCNC1CCCCC1. The molecule has 1 saturated carbocycles. The van der Waals surface area contributed by atoms with Gasteiger partial charge in [0.25, 0.3) is 0 Å². The van der Waals surface area contributed by atoms with Gasteiger partial charge >= 0.3 is 0 Å². The molecule has 0 aromatic heterocycles. The van der Waals surface area contributed by atoms with E-state index >= 15 is 0 Å². The van der Waals surface area contributed by atoms with Crippen molar-refractivity contribution in [2.45, 2.75) is 65.3 Å². The highest BCUT2D eigenvalue weighted by atomic mass is 16.5. The molecule has 0 radical (unpaired) electrons. The first-order chi connectivity index (χ1) is 7.58. The number of nitrogens with one attached hydrogen (secondary N) is 1. The Morgan fingerprint density at radius 3 is 2.38 bits per heavy atom. The van der Waals surface area contributed by atoms with E-state index in [1.165, 1.54) is 32.1 Å². The van der Waals surface area contributed by atoms with Crippen LogP contribution in [0.15, 0.2) is 0 Å². The van der Waals surface area contributed by atoms with Crippen LogP contribution < -0.4 is 5.32 Å². The summed E-state index contributed by atoms with van der Waals surface area (Å²) in [6, 6.07) is 0.764. The lowest BCUT2D eigenvalue weighted by molar-refractivity contribution is 0.107. The Labute approximate surface area is 101 Å². The molecule has 0 heterocycles. The zero-order valence-corrected chi connectivity index (χ0v) is 11.3. The highest BCUT2D eigenvalue weighted by molar-refractivity contribution is 4.71. The summed E-state index contributed by atoms with van der Waals surface area (Å²) in [7, 11) is 0. The van der Waals surface area contributed by atoms with Crippen LogP contribution in [0.5, 0.6) is 0 Å². The molecule has 0 spiro atoms. The third kappa shape index (κ3) is 7.24. The van der Waals surface area contributed by atoms with Crippen molar-refractivity contribution < 1.29 is 4.74 Å². The molecule has 2 heteroatoms. The molecule has 0 aliphatic heterocycles. The maximum atomic E-state index is 5.64. The van der Waals surface area contributed by atoms with E-state index in [0.717, 1.165) is 32.2 Å². The molecule has 0 saturated heterocycles. The van der Waals surface area contributed by atoms with E-state index in [1.54, 1.807) is 0 Å². The third-order valence-electron chi connectivity index (χ3n) is 3.28. The molecule has 2 nitrogen and oxygen atoms in total. The quantitative estimate of drug-likeness (QED) is 0.703. The zero-order chi connectivity index (χ0) is 11.9. The van der Waals surface area contributed by atoms with E-state index in [9.17, 15) is 0 Å². The third-order valence-corrected chi connectivity index (χ3v) is 3.28. The van der Waals surface area contributed by atoms with Crippen molar-refractivity contribution in [1.82, 2.24) is 5.32 Å². The van der Waals surface area contributed by atoms with Crippen molar-refractivity contribution in [2.75, 3.05) is 19.8 Å². The summed E-state index contributed by atoms with van der Waals surface area (Å²) in [5.41, 5.74) is 0.400. The van der Waals surface area contributed by atoms with Crippen LogP contribution in [-0.2, 0) is 4.74 Å². The van der Waals surface area contributed by atoms with Gasteiger partial charge in [-0.3, -0.25) is 0 Å². The molecule has 1 N–H and O–H groups in total. The van der Waals surface area contributed by atoms with E-state index in [1.807, 2.05) is 0 Å². The molecule has 0 bridgehead atoms. The van der Waals surface area contributed by atoms with Gasteiger partial charge in [-0.1, -0.05) is 40.0 Å². The summed E-state index contributed by atoms with van der Waals surface area (Å²) in [5.74, 6) is 0. The fourth-order valence-corrected chi connectivity index (χ4v) is 2.12. The highest BCUT2D eigenvalue weighted by Gasteiger charge is 2.12. The number of hydrogen-bond donors (Lipinski definition) is 1. The average Bonchev–Trinajstić information content (AvgIpc) is 2.23. The van der Waals surface area contributed by atoms with Crippen LogP contribution in [0, 0.1) is 5.41 Å². The van der Waals surface area contributed by atoms with Gasteiger partial charge in [-0.25, -0.2) is 0 Å². The Bertz CT molecular complexity index is 168. The monoisotopic (exact) mass is 227 g/mol. The van der Waals surface area contributed by atoms with Gasteiger partial charge in [0.05, 0.1) is 6.61 Å². The van der Waals surface area contributed by atoms with Crippen molar-refractivity contribution in [3.8, 4) is 0 Å². The van der Waals surface area contributed by atoms with Crippen molar-refractivity contribution in [1.29, 1.82) is 0 Å². The van der Waals surface area contributed by atoms with E-state index < -0.39 is 0 Å². The predicted octanol–water partition coefficient (Wildman–Crippen LogP) is 3.36. The molecule has 1 rings (SSSR count). The normalized spacial score (nSPS) is 18.9. The smallest absolute Gasteiger partial charge is 0.0591 e. The van der Waals surface area contributed by atoms with Gasteiger partial charge in [0.1, 0.15) is 0 Å². The second kappa shape index (κ2) is 7.29. The summed E-state index contributed by atoms with van der Waals surface area (Å²) in [5, 5.41) is 3.59. The van der Waals surface area contributed by atoms with Crippen LogP contribution in [0.2, 0.25) is 0 Å². The molecule has 96 valence electrons. The summed E-state index contributed by atoms with van der Waals surface area (Å²) >= 11 is 0. The molecular formula is C14H29NO. The van der Waals surface area contributed by atoms with Crippen molar-refractivity contribution in [2.24, 2.45) is 5.41 Å². The predicted molar refractivity (Wildman–Crippen MR) is 69.8 cm³/mol. The first kappa shape index (κ1) is 14.0. The van der Waals surface area contributed by atoms with Gasteiger partial charge in [0.15, 0.2) is 0 Å². The van der Waals surface area contributed by atoms with Gasteiger partial charge in [0.2, 0.25) is 0 Å².